The van der Waals surface area contributed by atoms with E-state index in [0.717, 1.165) is 32.1 Å². The van der Waals surface area contributed by atoms with E-state index in [2.05, 4.69) is 16.9 Å². The zero-order valence-electron chi connectivity index (χ0n) is 9.03. The van der Waals surface area contributed by atoms with Crippen LogP contribution in [0.5, 0.6) is 0 Å². The van der Waals surface area contributed by atoms with Crippen LogP contribution in [0.3, 0.4) is 0 Å². The van der Waals surface area contributed by atoms with Gasteiger partial charge in [-0.25, -0.2) is 9.59 Å². The van der Waals surface area contributed by atoms with E-state index in [1.54, 1.807) is 12.2 Å². The van der Waals surface area contributed by atoms with Gasteiger partial charge >= 0.3 is 0 Å². The van der Waals surface area contributed by atoms with Gasteiger partial charge in [0.15, 0.2) is 5.66 Å². The number of carbonyl (C=O) groups excluding carboxylic acids is 2. The maximum atomic E-state index is 10.4. The average molecular weight is 208 g/mol. The molecule has 0 saturated heterocycles. The molecule has 4 heteroatoms. The lowest BCUT2D eigenvalue weighted by Crippen LogP contribution is -2.28. The van der Waals surface area contributed by atoms with Crippen molar-refractivity contribution in [3.63, 3.8) is 0 Å². The van der Waals surface area contributed by atoms with Crippen molar-refractivity contribution in [1.82, 2.24) is 0 Å². The van der Waals surface area contributed by atoms with Crippen LogP contribution in [0.15, 0.2) is 9.98 Å². The number of isocyanates is 2. The predicted octanol–water partition coefficient (Wildman–Crippen LogP) is 2.34. The van der Waals surface area contributed by atoms with Gasteiger partial charge in [0.25, 0.3) is 0 Å². The van der Waals surface area contributed by atoms with Crippen molar-refractivity contribution in [3.8, 4) is 0 Å². The number of rotatable bonds is 5. The molecule has 0 heterocycles. The van der Waals surface area contributed by atoms with E-state index in [-0.39, 0.29) is 5.92 Å². The van der Waals surface area contributed by atoms with Crippen LogP contribution in [0.25, 0.3) is 0 Å². The number of aliphatic imine (C=N–C) groups is 2. The van der Waals surface area contributed by atoms with E-state index in [9.17, 15) is 9.59 Å². The largest absolute Gasteiger partial charge is 0.237 e. The summed E-state index contributed by atoms with van der Waals surface area (Å²) in [7, 11) is 0. The normalized spacial score (nSPS) is 29.3. The second-order valence-corrected chi connectivity index (χ2v) is 4.02. The molecule has 1 aliphatic carbocycles. The van der Waals surface area contributed by atoms with E-state index in [0.29, 0.717) is 6.42 Å². The zero-order chi connectivity index (χ0) is 11.1. The summed E-state index contributed by atoms with van der Waals surface area (Å²) >= 11 is 0. The highest BCUT2D eigenvalue weighted by Gasteiger charge is 2.42. The fourth-order valence-corrected chi connectivity index (χ4v) is 2.35. The SMILES string of the molecule is CCCCC1CCCC1(N=C=O)N=C=O. The minimum atomic E-state index is -0.835. The molecule has 0 bridgehead atoms. The lowest BCUT2D eigenvalue weighted by molar-refractivity contribution is 0.306. The van der Waals surface area contributed by atoms with Gasteiger partial charge in [0.2, 0.25) is 12.2 Å². The van der Waals surface area contributed by atoms with Crippen molar-refractivity contribution in [2.45, 2.75) is 51.1 Å². The second-order valence-electron chi connectivity index (χ2n) is 4.02. The van der Waals surface area contributed by atoms with Gasteiger partial charge in [-0.1, -0.05) is 19.8 Å². The van der Waals surface area contributed by atoms with Crippen LogP contribution in [-0.2, 0) is 9.59 Å². The molecule has 1 atom stereocenters. The van der Waals surface area contributed by atoms with Gasteiger partial charge in [0.05, 0.1) is 0 Å². The van der Waals surface area contributed by atoms with Crippen LogP contribution < -0.4 is 0 Å². The highest BCUT2D eigenvalue weighted by atomic mass is 16.1. The van der Waals surface area contributed by atoms with E-state index in [1.165, 1.54) is 0 Å². The van der Waals surface area contributed by atoms with E-state index in [1.807, 2.05) is 0 Å². The highest BCUT2D eigenvalue weighted by Crippen LogP contribution is 2.42. The van der Waals surface area contributed by atoms with Gasteiger partial charge in [0.1, 0.15) is 0 Å². The zero-order valence-corrected chi connectivity index (χ0v) is 9.03. The molecule has 1 aliphatic rings. The summed E-state index contributed by atoms with van der Waals surface area (Å²) in [5.41, 5.74) is -0.835. The van der Waals surface area contributed by atoms with Crippen LogP contribution in [-0.4, -0.2) is 17.8 Å². The molecule has 15 heavy (non-hydrogen) atoms. The molecular weight excluding hydrogens is 192 g/mol. The van der Waals surface area contributed by atoms with Crippen molar-refractivity contribution in [2.75, 3.05) is 0 Å². The average Bonchev–Trinajstić information content (AvgIpc) is 2.59. The molecule has 1 rings (SSSR count). The Labute approximate surface area is 89.5 Å². The van der Waals surface area contributed by atoms with Crippen LogP contribution >= 0.6 is 0 Å². The third-order valence-corrected chi connectivity index (χ3v) is 3.14. The van der Waals surface area contributed by atoms with E-state index >= 15 is 0 Å². The molecule has 1 saturated carbocycles. The minimum Gasteiger partial charge on any atom is -0.211 e. The standard InChI is InChI=1S/C11H16N2O2/c1-2-3-5-10-6-4-7-11(10,12-8-14)13-9-15/h10H,2-7H2,1H3. The van der Waals surface area contributed by atoms with Crippen molar-refractivity contribution < 1.29 is 9.59 Å². The molecule has 0 aromatic heterocycles. The number of hydrogen-bond acceptors (Lipinski definition) is 4. The Balaban J connectivity index is 2.84. The van der Waals surface area contributed by atoms with Gasteiger partial charge in [-0.3, -0.25) is 0 Å². The molecule has 0 aromatic carbocycles. The van der Waals surface area contributed by atoms with Crippen molar-refractivity contribution in [2.24, 2.45) is 15.9 Å². The summed E-state index contributed by atoms with van der Waals surface area (Å²) in [5, 5.41) is 0. The Kier molecular flexibility index (Phi) is 4.41. The third-order valence-electron chi connectivity index (χ3n) is 3.14. The molecule has 1 unspecified atom stereocenters. The van der Waals surface area contributed by atoms with Gasteiger partial charge in [-0.05, 0) is 25.7 Å². The fourth-order valence-electron chi connectivity index (χ4n) is 2.35. The third kappa shape index (κ3) is 2.62. The Bertz CT molecular complexity index is 284. The van der Waals surface area contributed by atoms with Crippen LogP contribution in [0.4, 0.5) is 0 Å². The predicted molar refractivity (Wildman–Crippen MR) is 55.8 cm³/mol. The maximum Gasteiger partial charge on any atom is 0.237 e. The van der Waals surface area contributed by atoms with Crippen molar-refractivity contribution in [3.05, 3.63) is 0 Å². The lowest BCUT2D eigenvalue weighted by Gasteiger charge is -2.23. The van der Waals surface area contributed by atoms with Crippen LogP contribution in [0, 0.1) is 5.92 Å². The van der Waals surface area contributed by atoms with Crippen molar-refractivity contribution >= 4 is 12.2 Å². The Morgan fingerprint density at radius 1 is 1.33 bits per heavy atom. The van der Waals surface area contributed by atoms with E-state index < -0.39 is 5.66 Å². The number of unbranched alkanes of at least 4 members (excludes halogenated alkanes) is 1. The molecule has 82 valence electrons. The molecule has 0 radical (unpaired) electrons. The van der Waals surface area contributed by atoms with Gasteiger partial charge in [-0.2, -0.15) is 9.98 Å². The number of nitrogens with zero attached hydrogens (tertiary/aromatic N) is 2. The molecular formula is C11H16N2O2. The molecule has 1 fully saturated rings. The summed E-state index contributed by atoms with van der Waals surface area (Å²) in [4.78, 5) is 28.2. The summed E-state index contributed by atoms with van der Waals surface area (Å²) < 4.78 is 0. The first kappa shape index (κ1) is 11.8. The molecule has 0 spiro atoms. The lowest BCUT2D eigenvalue weighted by atomic mass is 9.92. The Morgan fingerprint density at radius 2 is 2.00 bits per heavy atom. The second kappa shape index (κ2) is 5.59. The molecule has 0 amide bonds. The Morgan fingerprint density at radius 3 is 2.53 bits per heavy atom. The first-order chi connectivity index (χ1) is 7.29. The molecule has 0 aliphatic heterocycles. The molecule has 4 nitrogen and oxygen atoms in total. The molecule has 0 aromatic rings. The van der Waals surface area contributed by atoms with Crippen LogP contribution in [0.2, 0.25) is 0 Å². The summed E-state index contributed by atoms with van der Waals surface area (Å²) in [5.74, 6) is 0.209. The van der Waals surface area contributed by atoms with Crippen LogP contribution in [0.1, 0.15) is 45.4 Å². The summed E-state index contributed by atoms with van der Waals surface area (Å²) in [6, 6.07) is 0. The monoisotopic (exact) mass is 208 g/mol. The summed E-state index contributed by atoms with van der Waals surface area (Å²) in [6.07, 6.45) is 8.85. The number of hydrogen-bond donors (Lipinski definition) is 0. The fraction of sp³-hybridized carbons (Fsp3) is 0.818. The Hall–Kier alpha value is -1.24. The summed E-state index contributed by atoms with van der Waals surface area (Å²) in [6.45, 7) is 2.11. The van der Waals surface area contributed by atoms with E-state index in [4.69, 9.17) is 0 Å². The van der Waals surface area contributed by atoms with Gasteiger partial charge in [-0.15, -0.1) is 0 Å². The van der Waals surface area contributed by atoms with Crippen molar-refractivity contribution in [1.29, 1.82) is 0 Å². The minimum absolute atomic E-state index is 0.209. The quantitative estimate of drug-likeness (QED) is 0.514. The first-order valence-electron chi connectivity index (χ1n) is 5.47. The molecule has 0 N–H and O–H groups in total. The topological polar surface area (TPSA) is 58.9 Å². The van der Waals surface area contributed by atoms with Gasteiger partial charge < -0.3 is 0 Å². The smallest absolute Gasteiger partial charge is 0.211 e. The first-order valence-corrected chi connectivity index (χ1v) is 5.47. The van der Waals surface area contributed by atoms with Gasteiger partial charge in [0, 0.05) is 5.92 Å². The highest BCUT2D eigenvalue weighted by molar-refractivity contribution is 5.39. The maximum absolute atomic E-state index is 10.4.